The van der Waals surface area contributed by atoms with Gasteiger partial charge >= 0.3 is 5.63 Å². The van der Waals surface area contributed by atoms with Crippen molar-refractivity contribution in [2.24, 2.45) is 0 Å². The molecule has 0 amide bonds. The van der Waals surface area contributed by atoms with E-state index in [2.05, 4.69) is 38.1 Å². The first-order chi connectivity index (χ1) is 12.7. The van der Waals surface area contributed by atoms with Gasteiger partial charge in [0.25, 0.3) is 0 Å². The fourth-order valence-electron chi connectivity index (χ4n) is 3.81. The van der Waals surface area contributed by atoms with Crippen molar-refractivity contribution in [3.05, 3.63) is 75.6 Å². The predicted molar refractivity (Wildman–Crippen MR) is 101 cm³/mol. The second-order valence-electron chi connectivity index (χ2n) is 7.02. The summed E-state index contributed by atoms with van der Waals surface area (Å²) in [5.41, 5.74) is 3.75. The summed E-state index contributed by atoms with van der Waals surface area (Å²) in [6.07, 6.45) is 1.87. The minimum atomic E-state index is -0.280. The second kappa shape index (κ2) is 6.96. The Labute approximate surface area is 153 Å². The van der Waals surface area contributed by atoms with Crippen LogP contribution < -0.4 is 15.3 Å². The average Bonchev–Trinajstić information content (AvgIpc) is 2.67. The maximum atomic E-state index is 12.1. The highest BCUT2D eigenvalue weighted by molar-refractivity contribution is 5.85. The molecule has 0 saturated carbocycles. The van der Waals surface area contributed by atoms with Gasteiger partial charge < -0.3 is 9.15 Å². The van der Waals surface area contributed by atoms with E-state index in [1.54, 1.807) is 6.07 Å². The summed E-state index contributed by atoms with van der Waals surface area (Å²) in [5.74, 6) is 0.832. The number of fused-ring (bicyclic) bond motifs is 3. The first-order valence-electron chi connectivity index (χ1n) is 9.28. The Morgan fingerprint density at radius 1 is 1.15 bits per heavy atom. The minimum Gasteiger partial charge on any atom is -0.445 e. The van der Waals surface area contributed by atoms with Crippen LogP contribution in [0.25, 0.3) is 11.0 Å². The van der Waals surface area contributed by atoms with E-state index in [1.807, 2.05) is 18.2 Å². The van der Waals surface area contributed by atoms with Crippen LogP contribution in [0.2, 0.25) is 0 Å². The number of aryl methyl sites for hydroxylation is 1. The van der Waals surface area contributed by atoms with Crippen molar-refractivity contribution in [2.45, 2.75) is 39.3 Å². The SMILES string of the molecule is CCCc1cc(=O)oc2c3c(ccc12)OC[NH+]([C@H](C)c1ccccc1)C3. The Balaban J connectivity index is 1.76. The smallest absolute Gasteiger partial charge is 0.336 e. The van der Waals surface area contributed by atoms with Gasteiger partial charge in [-0.2, -0.15) is 0 Å². The van der Waals surface area contributed by atoms with Crippen molar-refractivity contribution in [1.82, 2.24) is 0 Å². The second-order valence-corrected chi connectivity index (χ2v) is 7.02. The van der Waals surface area contributed by atoms with Gasteiger partial charge in [0, 0.05) is 17.0 Å². The molecule has 134 valence electrons. The van der Waals surface area contributed by atoms with Crippen LogP contribution >= 0.6 is 0 Å². The maximum Gasteiger partial charge on any atom is 0.336 e. The molecule has 1 aromatic heterocycles. The van der Waals surface area contributed by atoms with Gasteiger partial charge in [0.05, 0.1) is 5.56 Å². The molecule has 0 saturated heterocycles. The van der Waals surface area contributed by atoms with Crippen molar-refractivity contribution in [3.8, 4) is 5.75 Å². The Kier molecular flexibility index (Phi) is 4.51. The van der Waals surface area contributed by atoms with E-state index in [0.717, 1.165) is 41.6 Å². The van der Waals surface area contributed by atoms with Crippen molar-refractivity contribution in [1.29, 1.82) is 0 Å². The van der Waals surface area contributed by atoms with Crippen LogP contribution in [0.5, 0.6) is 5.75 Å². The molecular weight excluding hydrogens is 326 g/mol. The number of benzene rings is 2. The Hall–Kier alpha value is -2.59. The molecular formula is C22H24NO3+. The molecule has 2 heterocycles. The maximum absolute atomic E-state index is 12.1. The van der Waals surface area contributed by atoms with Crippen molar-refractivity contribution < 1.29 is 14.1 Å². The van der Waals surface area contributed by atoms with E-state index < -0.39 is 0 Å². The lowest BCUT2D eigenvalue weighted by atomic mass is 10.0. The molecule has 2 aromatic carbocycles. The zero-order chi connectivity index (χ0) is 18.1. The molecule has 1 aliphatic heterocycles. The van der Waals surface area contributed by atoms with Crippen LogP contribution in [0, 0.1) is 0 Å². The fraction of sp³-hybridized carbons (Fsp3) is 0.318. The molecule has 26 heavy (non-hydrogen) atoms. The van der Waals surface area contributed by atoms with Crippen molar-refractivity contribution >= 4 is 11.0 Å². The van der Waals surface area contributed by atoms with Gasteiger partial charge in [0.1, 0.15) is 18.3 Å². The monoisotopic (exact) mass is 350 g/mol. The molecule has 4 rings (SSSR count). The zero-order valence-electron chi connectivity index (χ0n) is 15.2. The lowest BCUT2D eigenvalue weighted by molar-refractivity contribution is -0.960. The molecule has 0 bridgehead atoms. The van der Waals surface area contributed by atoms with E-state index in [1.165, 1.54) is 10.5 Å². The quantitative estimate of drug-likeness (QED) is 0.735. The number of quaternary nitrogens is 1. The van der Waals surface area contributed by atoms with Gasteiger partial charge in [-0.25, -0.2) is 4.79 Å². The summed E-state index contributed by atoms with van der Waals surface area (Å²) < 4.78 is 11.7. The van der Waals surface area contributed by atoms with E-state index >= 15 is 0 Å². The van der Waals surface area contributed by atoms with Gasteiger partial charge in [0.15, 0.2) is 5.58 Å². The van der Waals surface area contributed by atoms with E-state index in [4.69, 9.17) is 9.15 Å². The molecule has 0 fully saturated rings. The molecule has 0 radical (unpaired) electrons. The zero-order valence-corrected chi connectivity index (χ0v) is 15.2. The van der Waals surface area contributed by atoms with Gasteiger partial charge in [-0.15, -0.1) is 0 Å². The highest BCUT2D eigenvalue weighted by Crippen LogP contribution is 2.30. The molecule has 2 atom stereocenters. The largest absolute Gasteiger partial charge is 0.445 e. The standard InChI is InChI=1S/C22H23NO3/c1-3-7-17-12-21(24)26-22-18(17)10-11-20-19(22)13-23(14-25-20)15(2)16-8-5-4-6-9-16/h4-6,8-12,15H,3,7,13-14H2,1-2H3/p+1/t15-/m1/s1. The molecule has 1 unspecified atom stereocenters. The fourth-order valence-corrected chi connectivity index (χ4v) is 3.81. The van der Waals surface area contributed by atoms with Crippen LogP contribution in [0.4, 0.5) is 0 Å². The Morgan fingerprint density at radius 2 is 1.96 bits per heavy atom. The summed E-state index contributed by atoms with van der Waals surface area (Å²) in [5, 5.41) is 1.03. The summed E-state index contributed by atoms with van der Waals surface area (Å²) in [7, 11) is 0. The minimum absolute atomic E-state index is 0.280. The first kappa shape index (κ1) is 16.9. The summed E-state index contributed by atoms with van der Waals surface area (Å²) in [6.45, 7) is 5.72. The van der Waals surface area contributed by atoms with Crippen molar-refractivity contribution in [2.75, 3.05) is 6.73 Å². The third kappa shape index (κ3) is 3.01. The average molecular weight is 350 g/mol. The number of ether oxygens (including phenoxy) is 1. The third-order valence-electron chi connectivity index (χ3n) is 5.31. The van der Waals surface area contributed by atoms with Crippen LogP contribution in [0.3, 0.4) is 0 Å². The van der Waals surface area contributed by atoms with Crippen molar-refractivity contribution in [3.63, 3.8) is 0 Å². The third-order valence-corrected chi connectivity index (χ3v) is 5.31. The number of rotatable bonds is 4. The van der Waals surface area contributed by atoms with Crippen LogP contribution in [-0.2, 0) is 13.0 Å². The molecule has 1 N–H and O–H groups in total. The Morgan fingerprint density at radius 3 is 2.73 bits per heavy atom. The highest BCUT2D eigenvalue weighted by atomic mass is 16.5. The first-order valence-corrected chi connectivity index (χ1v) is 9.28. The topological polar surface area (TPSA) is 43.9 Å². The predicted octanol–water partition coefficient (Wildman–Crippen LogP) is 3.24. The number of hydrogen-bond donors (Lipinski definition) is 1. The lowest BCUT2D eigenvalue weighted by Crippen LogP contribution is -3.12. The van der Waals surface area contributed by atoms with Gasteiger partial charge in [-0.1, -0.05) is 43.7 Å². The van der Waals surface area contributed by atoms with Gasteiger partial charge in [-0.05, 0) is 31.0 Å². The van der Waals surface area contributed by atoms with Gasteiger partial charge in [0.2, 0.25) is 6.73 Å². The Bertz CT molecular complexity index is 978. The lowest BCUT2D eigenvalue weighted by Gasteiger charge is -2.31. The number of hydrogen-bond acceptors (Lipinski definition) is 3. The van der Waals surface area contributed by atoms with Crippen LogP contribution in [0.1, 0.15) is 43.0 Å². The van der Waals surface area contributed by atoms with E-state index in [-0.39, 0.29) is 5.63 Å². The number of nitrogens with one attached hydrogen (secondary N) is 1. The van der Waals surface area contributed by atoms with Crippen LogP contribution in [0.15, 0.2) is 57.7 Å². The van der Waals surface area contributed by atoms with E-state index in [0.29, 0.717) is 18.4 Å². The van der Waals surface area contributed by atoms with Gasteiger partial charge in [-0.3, -0.25) is 4.90 Å². The summed E-state index contributed by atoms with van der Waals surface area (Å²) in [6, 6.07) is 16.4. The van der Waals surface area contributed by atoms with Crippen LogP contribution in [-0.4, -0.2) is 6.73 Å². The molecule has 4 nitrogen and oxygen atoms in total. The molecule has 0 spiro atoms. The summed E-state index contributed by atoms with van der Waals surface area (Å²) in [4.78, 5) is 13.4. The molecule has 1 aliphatic rings. The molecule has 4 heteroatoms. The molecule has 0 aliphatic carbocycles. The normalized spacial score (nSPS) is 17.5. The highest BCUT2D eigenvalue weighted by Gasteiger charge is 2.29. The summed E-state index contributed by atoms with van der Waals surface area (Å²) >= 11 is 0. The molecule has 3 aromatic rings. The van der Waals surface area contributed by atoms with E-state index in [9.17, 15) is 4.79 Å².